The van der Waals surface area contributed by atoms with E-state index in [0.717, 1.165) is 28.2 Å². The van der Waals surface area contributed by atoms with E-state index in [-0.39, 0.29) is 18.1 Å². The summed E-state index contributed by atoms with van der Waals surface area (Å²) in [5.41, 5.74) is 3.57. The van der Waals surface area contributed by atoms with E-state index in [1.54, 1.807) is 19.2 Å². The van der Waals surface area contributed by atoms with Crippen molar-refractivity contribution < 1.29 is 18.7 Å². The Morgan fingerprint density at radius 1 is 1.00 bits per heavy atom. The molecule has 0 saturated carbocycles. The zero-order chi connectivity index (χ0) is 23.7. The largest absolute Gasteiger partial charge is 0.497 e. The zero-order valence-corrected chi connectivity index (χ0v) is 19.3. The molecule has 3 aromatic carbocycles. The Morgan fingerprint density at radius 2 is 1.76 bits per heavy atom. The molecule has 34 heavy (non-hydrogen) atoms. The number of ether oxygens (including phenoxy) is 2. The van der Waals surface area contributed by atoms with Crippen LogP contribution in [0.1, 0.15) is 16.7 Å². The van der Waals surface area contributed by atoms with E-state index >= 15 is 0 Å². The summed E-state index contributed by atoms with van der Waals surface area (Å²) < 4.78 is 24.8. The SMILES string of the molecule is COc1ccc2c(c1)Oc1cc(C)ccc1N=C2N1CCN(C(=O)Cc2ccc(F)cc2)CC1. The highest BCUT2D eigenvalue weighted by Crippen LogP contribution is 2.40. The van der Waals surface area contributed by atoms with Crippen LogP contribution in [0.5, 0.6) is 17.2 Å². The Labute approximate surface area is 198 Å². The number of methoxy groups -OCH3 is 1. The molecule has 1 saturated heterocycles. The van der Waals surface area contributed by atoms with Crippen molar-refractivity contribution >= 4 is 17.4 Å². The van der Waals surface area contributed by atoms with Crippen molar-refractivity contribution in [1.82, 2.24) is 9.80 Å². The number of aliphatic imine (C=N–C) groups is 1. The Bertz CT molecular complexity index is 1250. The summed E-state index contributed by atoms with van der Waals surface area (Å²) in [4.78, 5) is 21.8. The first-order chi connectivity index (χ1) is 16.5. The van der Waals surface area contributed by atoms with Gasteiger partial charge in [0.15, 0.2) is 5.75 Å². The molecule has 5 rings (SSSR count). The molecule has 0 atom stereocenters. The smallest absolute Gasteiger partial charge is 0.227 e. The number of halogens is 1. The number of hydrogen-bond donors (Lipinski definition) is 0. The number of piperazine rings is 1. The third kappa shape index (κ3) is 4.46. The highest BCUT2D eigenvalue weighted by atomic mass is 19.1. The summed E-state index contributed by atoms with van der Waals surface area (Å²) in [6.45, 7) is 4.51. The van der Waals surface area contributed by atoms with Crippen LogP contribution in [0, 0.1) is 12.7 Å². The van der Waals surface area contributed by atoms with Gasteiger partial charge in [0.1, 0.15) is 28.8 Å². The Hall–Kier alpha value is -3.87. The molecule has 3 aromatic rings. The van der Waals surface area contributed by atoms with Crippen molar-refractivity contribution in [3.05, 3.63) is 83.2 Å². The molecule has 0 radical (unpaired) electrons. The fourth-order valence-electron chi connectivity index (χ4n) is 4.28. The van der Waals surface area contributed by atoms with Gasteiger partial charge >= 0.3 is 0 Å². The van der Waals surface area contributed by atoms with Crippen molar-refractivity contribution in [1.29, 1.82) is 0 Å². The minimum atomic E-state index is -0.299. The van der Waals surface area contributed by atoms with E-state index in [1.165, 1.54) is 12.1 Å². The highest BCUT2D eigenvalue weighted by Gasteiger charge is 2.28. The number of nitrogens with zero attached hydrogens (tertiary/aromatic N) is 3. The van der Waals surface area contributed by atoms with Gasteiger partial charge < -0.3 is 19.3 Å². The van der Waals surface area contributed by atoms with Gasteiger partial charge in [-0.05, 0) is 54.4 Å². The van der Waals surface area contributed by atoms with E-state index in [1.807, 2.05) is 48.2 Å². The molecule has 0 aliphatic carbocycles. The number of aryl methyl sites for hydroxylation is 1. The molecule has 2 aliphatic heterocycles. The monoisotopic (exact) mass is 459 g/mol. The molecule has 7 heteroatoms. The topological polar surface area (TPSA) is 54.4 Å². The lowest BCUT2D eigenvalue weighted by Crippen LogP contribution is -2.51. The van der Waals surface area contributed by atoms with E-state index in [0.29, 0.717) is 43.4 Å². The molecule has 0 unspecified atom stereocenters. The average molecular weight is 460 g/mol. The van der Waals surface area contributed by atoms with Crippen LogP contribution in [0.2, 0.25) is 0 Å². The Kier molecular flexibility index (Phi) is 5.92. The number of fused-ring (bicyclic) bond motifs is 2. The van der Waals surface area contributed by atoms with Crippen LogP contribution in [0.15, 0.2) is 65.7 Å². The molecule has 2 aliphatic rings. The lowest BCUT2D eigenvalue weighted by atomic mass is 10.1. The number of rotatable bonds is 3. The molecule has 174 valence electrons. The van der Waals surface area contributed by atoms with Crippen molar-refractivity contribution in [2.75, 3.05) is 33.3 Å². The molecule has 1 fully saturated rings. The molecule has 0 spiro atoms. The van der Waals surface area contributed by atoms with Crippen molar-refractivity contribution in [2.45, 2.75) is 13.3 Å². The summed E-state index contributed by atoms with van der Waals surface area (Å²) in [7, 11) is 1.63. The highest BCUT2D eigenvalue weighted by molar-refractivity contribution is 6.04. The van der Waals surface area contributed by atoms with Crippen molar-refractivity contribution in [3.63, 3.8) is 0 Å². The Morgan fingerprint density at radius 3 is 2.50 bits per heavy atom. The Balaban J connectivity index is 1.37. The van der Waals surface area contributed by atoms with Gasteiger partial charge in [-0.3, -0.25) is 4.79 Å². The second-order valence-electron chi connectivity index (χ2n) is 8.54. The van der Waals surface area contributed by atoms with Gasteiger partial charge in [-0.25, -0.2) is 9.38 Å². The van der Waals surface area contributed by atoms with Gasteiger partial charge in [0, 0.05) is 32.2 Å². The lowest BCUT2D eigenvalue weighted by Gasteiger charge is -2.36. The third-order valence-corrected chi connectivity index (χ3v) is 6.19. The molecular weight excluding hydrogens is 433 g/mol. The summed E-state index contributed by atoms with van der Waals surface area (Å²) in [6, 6.07) is 17.8. The molecule has 0 N–H and O–H groups in total. The van der Waals surface area contributed by atoms with Crippen LogP contribution in [0.25, 0.3) is 0 Å². The average Bonchev–Trinajstić information content (AvgIpc) is 3.01. The number of benzene rings is 3. The van der Waals surface area contributed by atoms with Crippen LogP contribution in [0.3, 0.4) is 0 Å². The second-order valence-corrected chi connectivity index (χ2v) is 8.54. The maximum atomic E-state index is 13.2. The van der Waals surface area contributed by atoms with Gasteiger partial charge in [-0.1, -0.05) is 18.2 Å². The van der Waals surface area contributed by atoms with Crippen molar-refractivity contribution in [2.24, 2.45) is 4.99 Å². The molecule has 0 bridgehead atoms. The number of carbonyl (C=O) groups excluding carboxylic acids is 1. The second kappa shape index (κ2) is 9.17. The number of amidine groups is 1. The third-order valence-electron chi connectivity index (χ3n) is 6.19. The minimum Gasteiger partial charge on any atom is -0.497 e. The quantitative estimate of drug-likeness (QED) is 0.569. The van der Waals surface area contributed by atoms with Crippen LogP contribution in [0.4, 0.5) is 10.1 Å². The summed E-state index contributed by atoms with van der Waals surface area (Å²) in [5, 5.41) is 0. The molecule has 0 aromatic heterocycles. The first-order valence-electron chi connectivity index (χ1n) is 11.3. The van der Waals surface area contributed by atoms with E-state index < -0.39 is 0 Å². The van der Waals surface area contributed by atoms with Crippen molar-refractivity contribution in [3.8, 4) is 17.2 Å². The molecule has 1 amide bonds. The summed E-state index contributed by atoms with van der Waals surface area (Å²) in [5.74, 6) is 2.68. The van der Waals surface area contributed by atoms with Gasteiger partial charge in [-0.2, -0.15) is 0 Å². The lowest BCUT2D eigenvalue weighted by molar-refractivity contribution is -0.131. The van der Waals surface area contributed by atoms with E-state index in [2.05, 4.69) is 4.90 Å². The van der Waals surface area contributed by atoms with Crippen LogP contribution >= 0.6 is 0 Å². The summed E-state index contributed by atoms with van der Waals surface area (Å²) in [6.07, 6.45) is 0.268. The van der Waals surface area contributed by atoms with Gasteiger partial charge in [0.25, 0.3) is 0 Å². The standard InChI is InChI=1S/C27H26FN3O3/c1-18-3-10-23-25(15-18)34-24-17-21(33-2)8-9-22(24)27(29-23)31-13-11-30(12-14-31)26(32)16-19-4-6-20(28)7-5-19/h3-10,15,17H,11-14,16H2,1-2H3. The van der Waals surface area contributed by atoms with Crippen LogP contribution in [-0.2, 0) is 11.2 Å². The fourth-order valence-corrected chi connectivity index (χ4v) is 4.28. The first-order valence-corrected chi connectivity index (χ1v) is 11.3. The number of amides is 1. The van der Waals surface area contributed by atoms with E-state index in [9.17, 15) is 9.18 Å². The number of hydrogen-bond acceptors (Lipinski definition) is 5. The summed E-state index contributed by atoms with van der Waals surface area (Å²) >= 11 is 0. The number of carbonyl (C=O) groups is 1. The normalized spacial score (nSPS) is 15.0. The predicted octanol–water partition coefficient (Wildman–Crippen LogP) is 4.71. The van der Waals surface area contributed by atoms with Gasteiger partial charge in [0.05, 0.1) is 19.1 Å². The molecule has 2 heterocycles. The van der Waals surface area contributed by atoms with Gasteiger partial charge in [0.2, 0.25) is 5.91 Å². The maximum absolute atomic E-state index is 13.2. The first kappa shape index (κ1) is 21.9. The van der Waals surface area contributed by atoms with E-state index in [4.69, 9.17) is 14.5 Å². The molecule has 6 nitrogen and oxygen atoms in total. The van der Waals surface area contributed by atoms with Gasteiger partial charge in [-0.15, -0.1) is 0 Å². The predicted molar refractivity (Wildman–Crippen MR) is 129 cm³/mol. The van der Waals surface area contributed by atoms with Crippen LogP contribution in [-0.4, -0.2) is 54.8 Å². The molecular formula is C27H26FN3O3. The zero-order valence-electron chi connectivity index (χ0n) is 19.3. The fraction of sp³-hybridized carbons (Fsp3) is 0.259. The maximum Gasteiger partial charge on any atom is 0.227 e. The van der Waals surface area contributed by atoms with Crippen LogP contribution < -0.4 is 9.47 Å². The minimum absolute atomic E-state index is 0.0448.